The Kier molecular flexibility index (Phi) is 9.34. The van der Waals surface area contributed by atoms with E-state index in [9.17, 15) is 4.79 Å². The lowest BCUT2D eigenvalue weighted by molar-refractivity contribution is 0.0450. The van der Waals surface area contributed by atoms with Crippen LogP contribution in [0.2, 0.25) is 0 Å². The maximum absolute atomic E-state index is 11.8. The van der Waals surface area contributed by atoms with Gasteiger partial charge < -0.3 is 9.47 Å². The van der Waals surface area contributed by atoms with Crippen molar-refractivity contribution in [3.8, 4) is 5.75 Å². The summed E-state index contributed by atoms with van der Waals surface area (Å²) >= 11 is 0. The van der Waals surface area contributed by atoms with Gasteiger partial charge in [-0.1, -0.05) is 69.4 Å². The summed E-state index contributed by atoms with van der Waals surface area (Å²) < 4.78 is 10.8. The van der Waals surface area contributed by atoms with Gasteiger partial charge in [-0.25, -0.2) is 4.79 Å². The first kappa shape index (κ1) is 20.0. The molecule has 0 aliphatic heterocycles. The minimum atomic E-state index is -0.316. The number of hydrogen-bond acceptors (Lipinski definition) is 3. The fourth-order valence-electron chi connectivity index (χ4n) is 2.81. The fraction of sp³-hybridized carbons (Fsp3) is 0.435. The Balaban J connectivity index is 1.59. The van der Waals surface area contributed by atoms with E-state index in [4.69, 9.17) is 9.47 Å². The summed E-state index contributed by atoms with van der Waals surface area (Å²) in [6.07, 6.45) is 9.04. The van der Waals surface area contributed by atoms with E-state index >= 15 is 0 Å². The summed E-state index contributed by atoms with van der Waals surface area (Å²) in [5, 5.41) is 0. The number of carbonyl (C=O) groups excluding carboxylic acids is 1. The van der Waals surface area contributed by atoms with Gasteiger partial charge in [-0.2, -0.15) is 0 Å². The molecule has 0 atom stereocenters. The second kappa shape index (κ2) is 12.1. The third-order valence-electron chi connectivity index (χ3n) is 4.34. The van der Waals surface area contributed by atoms with Crippen molar-refractivity contribution in [1.82, 2.24) is 0 Å². The quantitative estimate of drug-likeness (QED) is 0.355. The molecule has 0 saturated heterocycles. The van der Waals surface area contributed by atoms with Crippen LogP contribution in [0.5, 0.6) is 5.75 Å². The first-order valence-electron chi connectivity index (χ1n) is 9.73. The van der Waals surface area contributed by atoms with Crippen molar-refractivity contribution in [2.24, 2.45) is 0 Å². The molecule has 0 bridgehead atoms. The van der Waals surface area contributed by atoms with Crippen LogP contribution < -0.4 is 4.74 Å². The van der Waals surface area contributed by atoms with Crippen molar-refractivity contribution < 1.29 is 14.3 Å². The normalized spacial score (nSPS) is 10.5. The molecule has 2 aromatic carbocycles. The highest BCUT2D eigenvalue weighted by molar-refractivity contribution is 5.89. The zero-order chi connectivity index (χ0) is 18.5. The molecule has 0 heterocycles. The average molecular weight is 354 g/mol. The summed E-state index contributed by atoms with van der Waals surface area (Å²) in [6, 6.07) is 17.2. The van der Waals surface area contributed by atoms with Crippen molar-refractivity contribution >= 4 is 5.97 Å². The Hall–Kier alpha value is -2.29. The largest absolute Gasteiger partial charge is 0.490 e. The van der Waals surface area contributed by atoms with E-state index in [0.29, 0.717) is 12.2 Å². The van der Waals surface area contributed by atoms with Gasteiger partial charge in [-0.05, 0) is 42.7 Å². The molecule has 0 aromatic heterocycles. The molecule has 2 rings (SSSR count). The highest BCUT2D eigenvalue weighted by Gasteiger charge is 2.05. The van der Waals surface area contributed by atoms with E-state index in [1.54, 1.807) is 12.1 Å². The SMILES string of the molecule is CCCCCCCCc1ccc(OCCOC(=O)c2ccccc2)cc1. The lowest BCUT2D eigenvalue weighted by atomic mass is 10.0. The number of ether oxygens (including phenoxy) is 2. The molecule has 0 radical (unpaired) electrons. The molecule has 0 amide bonds. The first-order chi connectivity index (χ1) is 12.8. The van der Waals surface area contributed by atoms with Gasteiger partial charge in [0.2, 0.25) is 0 Å². The minimum Gasteiger partial charge on any atom is -0.490 e. The van der Waals surface area contributed by atoms with Crippen LogP contribution in [0.1, 0.15) is 61.4 Å². The second-order valence-corrected chi connectivity index (χ2v) is 6.51. The summed E-state index contributed by atoms with van der Waals surface area (Å²) in [7, 11) is 0. The van der Waals surface area contributed by atoms with Gasteiger partial charge in [-0.3, -0.25) is 0 Å². The maximum Gasteiger partial charge on any atom is 0.338 e. The van der Waals surface area contributed by atoms with E-state index in [0.717, 1.165) is 12.2 Å². The van der Waals surface area contributed by atoms with Crippen LogP contribution in [-0.4, -0.2) is 19.2 Å². The second-order valence-electron chi connectivity index (χ2n) is 6.51. The van der Waals surface area contributed by atoms with E-state index in [1.807, 2.05) is 30.3 Å². The molecule has 26 heavy (non-hydrogen) atoms. The number of aryl methyl sites for hydroxylation is 1. The monoisotopic (exact) mass is 354 g/mol. The molecular weight excluding hydrogens is 324 g/mol. The van der Waals surface area contributed by atoms with Crippen LogP contribution in [0.4, 0.5) is 0 Å². The third kappa shape index (κ3) is 7.73. The van der Waals surface area contributed by atoms with Gasteiger partial charge in [0.25, 0.3) is 0 Å². The Morgan fingerprint density at radius 2 is 1.50 bits per heavy atom. The summed E-state index contributed by atoms with van der Waals surface area (Å²) in [5.74, 6) is 0.496. The predicted molar refractivity (Wildman–Crippen MR) is 106 cm³/mol. The molecule has 0 saturated carbocycles. The van der Waals surface area contributed by atoms with Gasteiger partial charge in [0.15, 0.2) is 0 Å². The van der Waals surface area contributed by atoms with Crippen LogP contribution in [-0.2, 0) is 11.2 Å². The van der Waals surface area contributed by atoms with Crippen LogP contribution in [0.3, 0.4) is 0 Å². The Bertz CT molecular complexity index is 620. The van der Waals surface area contributed by atoms with Gasteiger partial charge in [-0.15, -0.1) is 0 Å². The molecule has 0 spiro atoms. The topological polar surface area (TPSA) is 35.5 Å². The van der Waals surface area contributed by atoms with E-state index in [2.05, 4.69) is 19.1 Å². The lowest BCUT2D eigenvalue weighted by Crippen LogP contribution is -2.12. The van der Waals surface area contributed by atoms with Crippen LogP contribution in [0.25, 0.3) is 0 Å². The molecule has 3 heteroatoms. The molecule has 0 unspecified atom stereocenters. The molecule has 3 nitrogen and oxygen atoms in total. The number of carbonyl (C=O) groups is 1. The number of esters is 1. The first-order valence-corrected chi connectivity index (χ1v) is 9.73. The average Bonchev–Trinajstić information content (AvgIpc) is 2.69. The van der Waals surface area contributed by atoms with Gasteiger partial charge in [0, 0.05) is 0 Å². The van der Waals surface area contributed by atoms with Crippen LogP contribution in [0, 0.1) is 0 Å². The summed E-state index contributed by atoms with van der Waals surface area (Å²) in [5.41, 5.74) is 1.91. The molecule has 0 fully saturated rings. The Morgan fingerprint density at radius 1 is 0.808 bits per heavy atom. The third-order valence-corrected chi connectivity index (χ3v) is 4.34. The van der Waals surface area contributed by atoms with Crippen LogP contribution in [0.15, 0.2) is 54.6 Å². The van der Waals surface area contributed by atoms with Crippen LogP contribution >= 0.6 is 0 Å². The van der Waals surface area contributed by atoms with Crippen molar-refractivity contribution in [2.45, 2.75) is 51.9 Å². The number of unbranched alkanes of at least 4 members (excludes halogenated alkanes) is 5. The molecule has 0 aliphatic rings. The molecular formula is C23H30O3. The van der Waals surface area contributed by atoms with Gasteiger partial charge in [0.1, 0.15) is 19.0 Å². The van der Waals surface area contributed by atoms with Crippen molar-refractivity contribution in [3.63, 3.8) is 0 Å². The van der Waals surface area contributed by atoms with E-state index < -0.39 is 0 Å². The van der Waals surface area contributed by atoms with Gasteiger partial charge in [0.05, 0.1) is 5.56 Å². The highest BCUT2D eigenvalue weighted by Crippen LogP contribution is 2.15. The number of hydrogen-bond donors (Lipinski definition) is 0. The zero-order valence-electron chi connectivity index (χ0n) is 15.8. The molecule has 2 aromatic rings. The summed E-state index contributed by atoms with van der Waals surface area (Å²) in [4.78, 5) is 11.8. The number of benzene rings is 2. The standard InChI is InChI=1S/C23H30O3/c1-2-3-4-5-6-8-11-20-14-16-22(17-15-20)25-18-19-26-23(24)21-12-9-7-10-13-21/h7,9-10,12-17H,2-6,8,11,18-19H2,1H3. The van der Waals surface area contributed by atoms with Crippen molar-refractivity contribution in [2.75, 3.05) is 13.2 Å². The minimum absolute atomic E-state index is 0.243. The molecule has 140 valence electrons. The summed E-state index contributed by atoms with van der Waals surface area (Å²) in [6.45, 7) is 2.85. The zero-order valence-corrected chi connectivity index (χ0v) is 15.8. The van der Waals surface area contributed by atoms with Crippen molar-refractivity contribution in [1.29, 1.82) is 0 Å². The van der Waals surface area contributed by atoms with E-state index in [-0.39, 0.29) is 12.6 Å². The lowest BCUT2D eigenvalue weighted by Gasteiger charge is -2.08. The molecule has 0 aliphatic carbocycles. The van der Waals surface area contributed by atoms with Crippen molar-refractivity contribution in [3.05, 3.63) is 65.7 Å². The van der Waals surface area contributed by atoms with Gasteiger partial charge >= 0.3 is 5.97 Å². The number of rotatable bonds is 12. The smallest absolute Gasteiger partial charge is 0.338 e. The Labute approximate surface area is 157 Å². The highest BCUT2D eigenvalue weighted by atomic mass is 16.6. The molecule has 0 N–H and O–H groups in total. The fourth-order valence-corrected chi connectivity index (χ4v) is 2.81. The Morgan fingerprint density at radius 3 is 2.23 bits per heavy atom. The predicted octanol–water partition coefficient (Wildman–Crippen LogP) is 5.83. The maximum atomic E-state index is 11.8. The van der Waals surface area contributed by atoms with E-state index in [1.165, 1.54) is 44.1 Å².